The second-order valence-corrected chi connectivity index (χ2v) is 6.30. The molecule has 1 heterocycles. The average molecular weight is 328 g/mol. The lowest BCUT2D eigenvalue weighted by molar-refractivity contribution is 0.195. The summed E-state index contributed by atoms with van der Waals surface area (Å²) in [5.41, 5.74) is 2.32. The Morgan fingerprint density at radius 2 is 2.25 bits per heavy atom. The molecule has 1 N–H and O–H groups in total. The highest BCUT2D eigenvalue weighted by Gasteiger charge is 2.30. The highest BCUT2D eigenvalue weighted by Crippen LogP contribution is 2.35. The number of aromatic nitrogens is 2. The lowest BCUT2D eigenvalue weighted by atomic mass is 9.80. The minimum atomic E-state index is -0.199. The Kier molecular flexibility index (Phi) is 4.74. The maximum Gasteiger partial charge on any atom is 0.317 e. The van der Waals surface area contributed by atoms with Crippen LogP contribution in [0.4, 0.5) is 9.18 Å². The van der Waals surface area contributed by atoms with E-state index in [1.807, 2.05) is 6.07 Å². The van der Waals surface area contributed by atoms with E-state index in [2.05, 4.69) is 22.2 Å². The number of urea groups is 1. The van der Waals surface area contributed by atoms with Gasteiger partial charge in [0.2, 0.25) is 0 Å². The average Bonchev–Trinajstić information content (AvgIpc) is 2.58. The largest absolute Gasteiger partial charge is 0.331 e. The SMILES string of the molecule is CC1CCc2c(F)cccc2C1NC(=O)N(C)Cc1cnccn1. The topological polar surface area (TPSA) is 58.1 Å². The number of halogens is 1. The van der Waals surface area contributed by atoms with E-state index in [-0.39, 0.29) is 23.8 Å². The molecule has 2 unspecified atom stereocenters. The number of nitrogens with one attached hydrogen (secondary N) is 1. The fraction of sp³-hybridized carbons (Fsp3) is 0.389. The van der Waals surface area contributed by atoms with Crippen molar-refractivity contribution < 1.29 is 9.18 Å². The summed E-state index contributed by atoms with van der Waals surface area (Å²) in [6.45, 7) is 2.46. The second-order valence-electron chi connectivity index (χ2n) is 6.30. The molecule has 0 aliphatic heterocycles. The monoisotopic (exact) mass is 328 g/mol. The third-order valence-electron chi connectivity index (χ3n) is 4.55. The number of nitrogens with zero attached hydrogens (tertiary/aromatic N) is 3. The zero-order valence-electron chi connectivity index (χ0n) is 13.9. The Morgan fingerprint density at radius 1 is 1.42 bits per heavy atom. The van der Waals surface area contributed by atoms with Gasteiger partial charge in [0.1, 0.15) is 5.82 Å². The Labute approximate surface area is 140 Å². The molecule has 6 heteroatoms. The minimum absolute atomic E-state index is 0.179. The molecule has 24 heavy (non-hydrogen) atoms. The van der Waals surface area contributed by atoms with Crippen molar-refractivity contribution in [1.82, 2.24) is 20.2 Å². The number of rotatable bonds is 3. The van der Waals surface area contributed by atoms with Crippen LogP contribution in [-0.2, 0) is 13.0 Å². The number of carbonyl (C=O) groups excluding carboxylic acids is 1. The third-order valence-corrected chi connectivity index (χ3v) is 4.55. The summed E-state index contributed by atoms with van der Waals surface area (Å²) in [5.74, 6) is 0.0692. The van der Waals surface area contributed by atoms with Crippen molar-refractivity contribution >= 4 is 6.03 Å². The van der Waals surface area contributed by atoms with Gasteiger partial charge >= 0.3 is 6.03 Å². The van der Waals surface area contributed by atoms with Crippen LogP contribution in [0.5, 0.6) is 0 Å². The molecule has 1 aliphatic carbocycles. The van der Waals surface area contributed by atoms with Crippen LogP contribution in [0.1, 0.15) is 36.2 Å². The quantitative estimate of drug-likeness (QED) is 0.942. The van der Waals surface area contributed by atoms with Crippen LogP contribution in [0.15, 0.2) is 36.8 Å². The van der Waals surface area contributed by atoms with Crippen molar-refractivity contribution in [3.63, 3.8) is 0 Å². The molecule has 0 saturated carbocycles. The summed E-state index contributed by atoms with van der Waals surface area (Å²) in [7, 11) is 1.71. The molecule has 0 radical (unpaired) electrons. The molecule has 126 valence electrons. The first kappa shape index (κ1) is 16.4. The Hall–Kier alpha value is -2.50. The van der Waals surface area contributed by atoms with Crippen molar-refractivity contribution in [1.29, 1.82) is 0 Å². The highest BCUT2D eigenvalue weighted by molar-refractivity contribution is 5.74. The molecule has 0 fully saturated rings. The number of amides is 2. The molecule has 0 saturated heterocycles. The first-order valence-electron chi connectivity index (χ1n) is 8.10. The van der Waals surface area contributed by atoms with Crippen LogP contribution >= 0.6 is 0 Å². The first-order valence-corrected chi connectivity index (χ1v) is 8.10. The Morgan fingerprint density at radius 3 is 3.00 bits per heavy atom. The first-order chi connectivity index (χ1) is 11.6. The van der Waals surface area contributed by atoms with Crippen molar-refractivity contribution in [2.75, 3.05) is 7.05 Å². The zero-order valence-corrected chi connectivity index (χ0v) is 13.9. The van der Waals surface area contributed by atoms with Gasteiger partial charge in [-0.15, -0.1) is 0 Å². The predicted octanol–water partition coefficient (Wildman–Crippen LogP) is 3.08. The summed E-state index contributed by atoms with van der Waals surface area (Å²) in [4.78, 5) is 22.3. The number of hydrogen-bond donors (Lipinski definition) is 1. The van der Waals surface area contributed by atoms with Crippen LogP contribution < -0.4 is 5.32 Å². The van der Waals surface area contributed by atoms with Crippen LogP contribution in [0.25, 0.3) is 0 Å². The van der Waals surface area contributed by atoms with E-state index in [1.165, 1.54) is 6.07 Å². The van der Waals surface area contributed by atoms with E-state index in [0.717, 1.165) is 23.2 Å². The van der Waals surface area contributed by atoms with Gasteiger partial charge in [-0.3, -0.25) is 9.97 Å². The van der Waals surface area contributed by atoms with Gasteiger partial charge in [0, 0.05) is 19.4 Å². The third kappa shape index (κ3) is 3.37. The van der Waals surface area contributed by atoms with Gasteiger partial charge < -0.3 is 10.2 Å². The van der Waals surface area contributed by atoms with Gasteiger partial charge in [-0.2, -0.15) is 0 Å². The van der Waals surface area contributed by atoms with Gasteiger partial charge in [0.25, 0.3) is 0 Å². The van der Waals surface area contributed by atoms with E-state index in [0.29, 0.717) is 13.0 Å². The molecule has 3 rings (SSSR count). The van der Waals surface area contributed by atoms with E-state index in [4.69, 9.17) is 0 Å². The molecule has 1 aliphatic rings. The van der Waals surface area contributed by atoms with Crippen LogP contribution in [0.3, 0.4) is 0 Å². The van der Waals surface area contributed by atoms with E-state index in [9.17, 15) is 9.18 Å². The summed E-state index contributed by atoms with van der Waals surface area (Å²) in [6, 6.07) is 4.71. The van der Waals surface area contributed by atoms with Crippen LogP contribution in [0.2, 0.25) is 0 Å². The van der Waals surface area contributed by atoms with E-state index < -0.39 is 0 Å². The molecule has 2 amide bonds. The van der Waals surface area contributed by atoms with Gasteiger partial charge in [0.15, 0.2) is 0 Å². The van der Waals surface area contributed by atoms with Crippen molar-refractivity contribution in [3.8, 4) is 0 Å². The molecule has 1 aromatic carbocycles. The summed E-state index contributed by atoms with van der Waals surface area (Å²) in [6.07, 6.45) is 6.40. The number of benzene rings is 1. The molecule has 5 nitrogen and oxygen atoms in total. The lowest BCUT2D eigenvalue weighted by Gasteiger charge is -2.33. The van der Waals surface area contributed by atoms with Crippen LogP contribution in [-0.4, -0.2) is 27.9 Å². The van der Waals surface area contributed by atoms with Gasteiger partial charge in [-0.25, -0.2) is 9.18 Å². The standard InChI is InChI=1S/C18H21FN4O/c1-12-6-7-14-15(4-3-5-16(14)19)17(12)22-18(24)23(2)11-13-10-20-8-9-21-13/h3-5,8-10,12,17H,6-7,11H2,1-2H3,(H,22,24). The smallest absolute Gasteiger partial charge is 0.317 e. The summed E-state index contributed by atoms with van der Waals surface area (Å²) < 4.78 is 14.0. The molecular formula is C18H21FN4O. The van der Waals surface area contributed by atoms with E-state index >= 15 is 0 Å². The maximum absolute atomic E-state index is 14.0. The maximum atomic E-state index is 14.0. The number of carbonyl (C=O) groups is 1. The van der Waals surface area contributed by atoms with Crippen molar-refractivity contribution in [2.24, 2.45) is 5.92 Å². The van der Waals surface area contributed by atoms with E-state index in [1.54, 1.807) is 36.6 Å². The van der Waals surface area contributed by atoms with Crippen LogP contribution in [0, 0.1) is 11.7 Å². The highest BCUT2D eigenvalue weighted by atomic mass is 19.1. The fourth-order valence-electron chi connectivity index (χ4n) is 3.17. The molecule has 1 aromatic heterocycles. The predicted molar refractivity (Wildman–Crippen MR) is 88.7 cm³/mol. The minimum Gasteiger partial charge on any atom is -0.331 e. The normalized spacial score (nSPS) is 19.5. The summed E-state index contributed by atoms with van der Waals surface area (Å²) >= 11 is 0. The second kappa shape index (κ2) is 6.95. The number of fused-ring (bicyclic) bond motifs is 1. The van der Waals surface area contributed by atoms with Gasteiger partial charge in [0.05, 0.1) is 24.5 Å². The number of hydrogen-bond acceptors (Lipinski definition) is 3. The Bertz CT molecular complexity index is 722. The van der Waals surface area contributed by atoms with Gasteiger partial charge in [-0.1, -0.05) is 19.1 Å². The molecule has 0 spiro atoms. The lowest BCUT2D eigenvalue weighted by Crippen LogP contribution is -2.42. The Balaban J connectivity index is 1.73. The van der Waals surface area contributed by atoms with Gasteiger partial charge in [-0.05, 0) is 36.0 Å². The van der Waals surface area contributed by atoms with Crippen molar-refractivity contribution in [2.45, 2.75) is 32.4 Å². The van der Waals surface area contributed by atoms with Crippen molar-refractivity contribution in [3.05, 3.63) is 59.4 Å². The zero-order chi connectivity index (χ0) is 17.1. The molecular weight excluding hydrogens is 307 g/mol. The molecule has 2 atom stereocenters. The fourth-order valence-corrected chi connectivity index (χ4v) is 3.17. The summed E-state index contributed by atoms with van der Waals surface area (Å²) in [5, 5.41) is 3.04. The molecule has 0 bridgehead atoms. The molecule has 2 aromatic rings.